The summed E-state index contributed by atoms with van der Waals surface area (Å²) in [7, 11) is 0. The van der Waals surface area contributed by atoms with E-state index in [2.05, 4.69) is 0 Å². The van der Waals surface area contributed by atoms with E-state index in [-0.39, 0.29) is 18.9 Å². The van der Waals surface area contributed by atoms with E-state index in [0.29, 0.717) is 6.42 Å². The van der Waals surface area contributed by atoms with Crippen molar-refractivity contribution in [3.8, 4) is 0 Å². The van der Waals surface area contributed by atoms with Gasteiger partial charge in [0.05, 0.1) is 0 Å². The van der Waals surface area contributed by atoms with E-state index in [4.69, 9.17) is 11.5 Å². The molecule has 1 rings (SSSR count). The Balaban J connectivity index is 2.49. The van der Waals surface area contributed by atoms with Crippen LogP contribution in [-0.4, -0.2) is 18.0 Å². The van der Waals surface area contributed by atoms with Crippen molar-refractivity contribution in [2.75, 3.05) is 0 Å². The molecule has 1 aliphatic carbocycles. The molecule has 2 atom stereocenters. The van der Waals surface area contributed by atoms with Gasteiger partial charge in [0, 0.05) is 24.9 Å². The molecule has 0 aromatic carbocycles. The van der Waals surface area contributed by atoms with Crippen molar-refractivity contribution in [3.05, 3.63) is 0 Å². The highest BCUT2D eigenvalue weighted by Crippen LogP contribution is 2.31. The Morgan fingerprint density at radius 3 is 2.20 bits per heavy atom. The molecule has 4 N–H and O–H groups in total. The average Bonchev–Trinajstić information content (AvgIpc) is 1.79. The van der Waals surface area contributed by atoms with Crippen LogP contribution in [0.2, 0.25) is 0 Å². The van der Waals surface area contributed by atoms with E-state index < -0.39 is 12.0 Å². The van der Waals surface area contributed by atoms with Crippen molar-refractivity contribution >= 4 is 0 Å². The Morgan fingerprint density at radius 1 is 1.20 bits per heavy atom. The molecular weight excluding hydrogens is 138 g/mol. The van der Waals surface area contributed by atoms with Crippen LogP contribution in [0.1, 0.15) is 19.3 Å². The molecule has 1 saturated carbocycles. The first-order chi connectivity index (χ1) is 4.51. The van der Waals surface area contributed by atoms with Crippen LogP contribution in [0, 0.1) is 0 Å². The van der Waals surface area contributed by atoms with Crippen LogP contribution < -0.4 is 11.5 Å². The van der Waals surface area contributed by atoms with Gasteiger partial charge in [0.1, 0.15) is 0 Å². The minimum absolute atomic E-state index is 0.109. The third-order valence-corrected chi connectivity index (χ3v) is 1.93. The van der Waals surface area contributed by atoms with Gasteiger partial charge in [0.25, 0.3) is 0 Å². The first kappa shape index (κ1) is 7.88. The Labute approximate surface area is 58.6 Å². The summed E-state index contributed by atoms with van der Waals surface area (Å²) in [5.74, 6) is -2.57. The highest BCUT2D eigenvalue weighted by atomic mass is 19.3. The van der Waals surface area contributed by atoms with Crippen LogP contribution in [0.3, 0.4) is 0 Å². The summed E-state index contributed by atoms with van der Waals surface area (Å²) in [6.07, 6.45) is -0.0236. The lowest BCUT2D eigenvalue weighted by Crippen LogP contribution is -2.49. The van der Waals surface area contributed by atoms with E-state index in [1.165, 1.54) is 0 Å². The highest BCUT2D eigenvalue weighted by molar-refractivity contribution is 4.88. The third-order valence-electron chi connectivity index (χ3n) is 1.93. The van der Waals surface area contributed by atoms with Crippen LogP contribution in [0.4, 0.5) is 8.78 Å². The minimum Gasteiger partial charge on any atom is -0.326 e. The van der Waals surface area contributed by atoms with Crippen LogP contribution in [0.25, 0.3) is 0 Å². The fourth-order valence-corrected chi connectivity index (χ4v) is 1.19. The molecule has 2 nitrogen and oxygen atoms in total. The van der Waals surface area contributed by atoms with Gasteiger partial charge in [-0.3, -0.25) is 0 Å². The molecule has 0 unspecified atom stereocenters. The number of rotatable bonds is 0. The van der Waals surface area contributed by atoms with Crippen molar-refractivity contribution in [3.63, 3.8) is 0 Å². The van der Waals surface area contributed by atoms with Gasteiger partial charge in [0.2, 0.25) is 5.92 Å². The molecule has 0 aliphatic heterocycles. The van der Waals surface area contributed by atoms with Crippen LogP contribution in [-0.2, 0) is 0 Å². The molecule has 60 valence electrons. The maximum atomic E-state index is 12.5. The van der Waals surface area contributed by atoms with E-state index in [0.717, 1.165) is 0 Å². The Bertz CT molecular complexity index is 127. The largest absolute Gasteiger partial charge is 0.326 e. The lowest BCUT2D eigenvalue weighted by Gasteiger charge is -2.31. The molecule has 4 heteroatoms. The zero-order valence-corrected chi connectivity index (χ0v) is 5.69. The average molecular weight is 150 g/mol. The van der Waals surface area contributed by atoms with E-state index in [9.17, 15) is 8.78 Å². The van der Waals surface area contributed by atoms with Crippen molar-refractivity contribution in [2.24, 2.45) is 11.5 Å². The highest BCUT2D eigenvalue weighted by Gasteiger charge is 2.38. The molecule has 1 aliphatic rings. The van der Waals surface area contributed by atoms with Crippen LogP contribution in [0.5, 0.6) is 0 Å². The maximum absolute atomic E-state index is 12.5. The summed E-state index contributed by atoms with van der Waals surface area (Å²) in [5, 5.41) is 0. The monoisotopic (exact) mass is 150 g/mol. The second-order valence-corrected chi connectivity index (χ2v) is 2.93. The zero-order chi connectivity index (χ0) is 7.78. The molecular formula is C6H12F2N2. The third kappa shape index (κ3) is 1.64. The second kappa shape index (κ2) is 2.43. The van der Waals surface area contributed by atoms with Gasteiger partial charge in [-0.25, -0.2) is 8.78 Å². The van der Waals surface area contributed by atoms with Gasteiger partial charge < -0.3 is 11.5 Å². The number of hydrogen-bond acceptors (Lipinski definition) is 2. The zero-order valence-electron chi connectivity index (χ0n) is 5.69. The number of halogens is 2. The topological polar surface area (TPSA) is 52.0 Å². The molecule has 0 aromatic rings. The maximum Gasteiger partial charge on any atom is 0.249 e. The Hall–Kier alpha value is -0.220. The molecule has 0 amide bonds. The molecule has 0 bridgehead atoms. The van der Waals surface area contributed by atoms with E-state index in [1.807, 2.05) is 0 Å². The van der Waals surface area contributed by atoms with E-state index >= 15 is 0 Å². The standard InChI is InChI=1S/C6H12F2N2/c7-6(8)2-1-4(9)5(10)3-6/h4-5H,1-3,9-10H2/t4-,5-/m0/s1. The van der Waals surface area contributed by atoms with Gasteiger partial charge in [-0.05, 0) is 6.42 Å². The van der Waals surface area contributed by atoms with Gasteiger partial charge in [-0.2, -0.15) is 0 Å². The summed E-state index contributed by atoms with van der Waals surface area (Å²) >= 11 is 0. The fraction of sp³-hybridized carbons (Fsp3) is 1.00. The summed E-state index contributed by atoms with van der Waals surface area (Å²) in [4.78, 5) is 0. The first-order valence-corrected chi connectivity index (χ1v) is 3.40. The molecule has 1 fully saturated rings. The Kier molecular flexibility index (Phi) is 1.92. The summed E-state index contributed by atoms with van der Waals surface area (Å²) < 4.78 is 25.0. The van der Waals surface area contributed by atoms with E-state index in [1.54, 1.807) is 0 Å². The lowest BCUT2D eigenvalue weighted by molar-refractivity contribution is -0.0439. The van der Waals surface area contributed by atoms with Crippen LogP contribution in [0.15, 0.2) is 0 Å². The fourth-order valence-electron chi connectivity index (χ4n) is 1.19. The predicted molar refractivity (Wildman–Crippen MR) is 34.7 cm³/mol. The summed E-state index contributed by atoms with van der Waals surface area (Å²) in [6, 6.07) is -0.761. The quantitative estimate of drug-likeness (QED) is 0.527. The van der Waals surface area contributed by atoms with Crippen molar-refractivity contribution < 1.29 is 8.78 Å². The number of alkyl halides is 2. The van der Waals surface area contributed by atoms with Gasteiger partial charge in [0.15, 0.2) is 0 Å². The molecule has 0 aromatic heterocycles. The van der Waals surface area contributed by atoms with Gasteiger partial charge >= 0.3 is 0 Å². The number of nitrogens with two attached hydrogens (primary N) is 2. The Morgan fingerprint density at radius 2 is 1.80 bits per heavy atom. The lowest BCUT2D eigenvalue weighted by atomic mass is 9.89. The SMILES string of the molecule is N[C@H]1CCC(F)(F)C[C@@H]1N. The molecule has 0 radical (unpaired) electrons. The van der Waals surface area contributed by atoms with Crippen LogP contribution >= 0.6 is 0 Å². The minimum atomic E-state index is -2.57. The van der Waals surface area contributed by atoms with Crippen molar-refractivity contribution in [1.29, 1.82) is 0 Å². The molecule has 10 heavy (non-hydrogen) atoms. The molecule has 0 spiro atoms. The second-order valence-electron chi connectivity index (χ2n) is 2.93. The summed E-state index contributed by atoms with van der Waals surface area (Å²) in [5.41, 5.74) is 10.8. The predicted octanol–water partition coefficient (Wildman–Crippen LogP) is 0.460. The summed E-state index contributed by atoms with van der Waals surface area (Å²) in [6.45, 7) is 0. The van der Waals surface area contributed by atoms with Gasteiger partial charge in [-0.1, -0.05) is 0 Å². The van der Waals surface area contributed by atoms with Crippen molar-refractivity contribution in [1.82, 2.24) is 0 Å². The van der Waals surface area contributed by atoms with Gasteiger partial charge in [-0.15, -0.1) is 0 Å². The molecule has 0 saturated heterocycles. The smallest absolute Gasteiger partial charge is 0.249 e. The van der Waals surface area contributed by atoms with Crippen molar-refractivity contribution in [2.45, 2.75) is 37.3 Å². The first-order valence-electron chi connectivity index (χ1n) is 3.40. The number of hydrogen-bond donors (Lipinski definition) is 2. The molecule has 0 heterocycles. The normalized spacial score (nSPS) is 39.6.